The number of carbonyl (C=O) groups excluding carboxylic acids is 1. The highest BCUT2D eigenvalue weighted by Gasteiger charge is 2.51. The van der Waals surface area contributed by atoms with Gasteiger partial charge >= 0.3 is 12.3 Å². The average Bonchev–Trinajstić information content (AvgIpc) is 3.12. The molecule has 6 nitrogen and oxygen atoms in total. The molecule has 1 saturated carbocycles. The van der Waals surface area contributed by atoms with Gasteiger partial charge in [-0.1, -0.05) is 25.2 Å². The summed E-state index contributed by atoms with van der Waals surface area (Å²) in [6.45, 7) is 0.963. The summed E-state index contributed by atoms with van der Waals surface area (Å²) in [5, 5.41) is 9.37. The summed E-state index contributed by atoms with van der Waals surface area (Å²) in [6.07, 6.45) is 6.47. The summed E-state index contributed by atoms with van der Waals surface area (Å²) in [7, 11) is 0. The molecule has 0 aromatic heterocycles. The van der Waals surface area contributed by atoms with E-state index in [1.165, 1.54) is 18.6 Å². The first kappa shape index (κ1) is 24.2. The molecule has 1 spiro atoms. The van der Waals surface area contributed by atoms with E-state index in [0.29, 0.717) is 37.3 Å². The molecule has 4 rings (SSSR count). The number of carboxylic acid groups (broad SMARTS) is 1. The molecule has 34 heavy (non-hydrogen) atoms. The minimum atomic E-state index is -4.69. The van der Waals surface area contributed by atoms with E-state index in [0.717, 1.165) is 31.7 Å². The van der Waals surface area contributed by atoms with Crippen LogP contribution in [0.25, 0.3) is 0 Å². The van der Waals surface area contributed by atoms with Gasteiger partial charge in [0.25, 0.3) is 0 Å². The van der Waals surface area contributed by atoms with E-state index in [1.807, 2.05) is 4.90 Å². The molecular formula is C25H30F3N3O3. The van der Waals surface area contributed by atoms with Crippen LogP contribution in [0.5, 0.6) is 0 Å². The van der Waals surface area contributed by atoms with Crippen molar-refractivity contribution in [3.8, 4) is 12.3 Å². The maximum atomic E-state index is 14.1. The Balaban J connectivity index is 1.62. The number of anilines is 2. The van der Waals surface area contributed by atoms with Crippen molar-refractivity contribution in [3.05, 3.63) is 23.8 Å². The zero-order valence-electron chi connectivity index (χ0n) is 19.1. The zero-order valence-corrected chi connectivity index (χ0v) is 19.1. The van der Waals surface area contributed by atoms with Crippen molar-refractivity contribution in [2.75, 3.05) is 36.0 Å². The number of benzene rings is 1. The maximum absolute atomic E-state index is 14.1. The quantitative estimate of drug-likeness (QED) is 0.622. The number of alkyl halides is 3. The molecule has 9 heteroatoms. The Hall–Kier alpha value is -2.89. The lowest BCUT2D eigenvalue weighted by atomic mass is 9.78. The van der Waals surface area contributed by atoms with E-state index >= 15 is 0 Å². The van der Waals surface area contributed by atoms with Gasteiger partial charge in [-0.05, 0) is 50.3 Å². The normalized spacial score (nSPS) is 23.9. The van der Waals surface area contributed by atoms with Gasteiger partial charge in [-0.2, -0.15) is 13.2 Å². The Morgan fingerprint density at radius 2 is 1.91 bits per heavy atom. The van der Waals surface area contributed by atoms with Gasteiger partial charge in [0.2, 0.25) is 5.91 Å². The predicted molar refractivity (Wildman–Crippen MR) is 123 cm³/mol. The van der Waals surface area contributed by atoms with Gasteiger partial charge in [-0.3, -0.25) is 9.69 Å². The Morgan fingerprint density at radius 1 is 1.18 bits per heavy atom. The first-order valence-corrected chi connectivity index (χ1v) is 11.9. The van der Waals surface area contributed by atoms with Crippen LogP contribution in [-0.4, -0.2) is 54.2 Å². The molecular weight excluding hydrogens is 447 g/mol. The molecule has 1 N–H and O–H groups in total. The number of halogens is 3. The Morgan fingerprint density at radius 3 is 2.56 bits per heavy atom. The van der Waals surface area contributed by atoms with Crippen LogP contribution in [0.15, 0.2) is 18.2 Å². The third-order valence-corrected chi connectivity index (χ3v) is 7.56. The largest absolute Gasteiger partial charge is 0.465 e. The van der Waals surface area contributed by atoms with E-state index < -0.39 is 23.2 Å². The molecule has 3 fully saturated rings. The summed E-state index contributed by atoms with van der Waals surface area (Å²) in [6, 6.07) is 3.75. The van der Waals surface area contributed by atoms with Gasteiger partial charge in [0, 0.05) is 37.1 Å². The fraction of sp³-hybridized carbons (Fsp3) is 0.600. The van der Waals surface area contributed by atoms with E-state index in [9.17, 15) is 27.9 Å². The van der Waals surface area contributed by atoms with Crippen molar-refractivity contribution in [2.24, 2.45) is 5.41 Å². The van der Waals surface area contributed by atoms with Gasteiger partial charge in [0.1, 0.15) is 0 Å². The van der Waals surface area contributed by atoms with E-state index in [1.54, 1.807) is 4.90 Å². The van der Waals surface area contributed by atoms with Crippen molar-refractivity contribution in [2.45, 2.75) is 63.6 Å². The van der Waals surface area contributed by atoms with Gasteiger partial charge in [-0.15, -0.1) is 6.42 Å². The lowest BCUT2D eigenvalue weighted by Crippen LogP contribution is -2.50. The second kappa shape index (κ2) is 9.40. The van der Waals surface area contributed by atoms with E-state index in [4.69, 9.17) is 6.42 Å². The van der Waals surface area contributed by atoms with Crippen LogP contribution in [0.1, 0.15) is 56.9 Å². The number of piperidine rings is 1. The lowest BCUT2D eigenvalue weighted by Gasteiger charge is -2.42. The molecule has 184 valence electrons. The third-order valence-electron chi connectivity index (χ3n) is 7.56. The van der Waals surface area contributed by atoms with Crippen LogP contribution in [0.3, 0.4) is 0 Å². The Labute approximate surface area is 197 Å². The summed E-state index contributed by atoms with van der Waals surface area (Å²) in [4.78, 5) is 29.4. The number of carbonyl (C=O) groups is 2. The van der Waals surface area contributed by atoms with Crippen LogP contribution < -0.4 is 9.80 Å². The van der Waals surface area contributed by atoms with Crippen LogP contribution in [-0.2, 0) is 11.0 Å². The summed E-state index contributed by atoms with van der Waals surface area (Å²) in [5.74, 6) is 2.25. The van der Waals surface area contributed by atoms with Crippen molar-refractivity contribution < 1.29 is 27.9 Å². The number of hydrogen-bond donors (Lipinski definition) is 1. The number of likely N-dealkylation sites (tertiary alicyclic amines) is 1. The second-order valence-electron chi connectivity index (χ2n) is 9.62. The maximum Gasteiger partial charge on any atom is 0.418 e. The predicted octanol–water partition coefficient (Wildman–Crippen LogP) is 4.97. The molecule has 2 saturated heterocycles. The highest BCUT2D eigenvalue weighted by Crippen LogP contribution is 2.46. The van der Waals surface area contributed by atoms with Crippen LogP contribution in [0, 0.1) is 17.8 Å². The van der Waals surface area contributed by atoms with Crippen LogP contribution in [0.4, 0.5) is 29.3 Å². The minimum Gasteiger partial charge on any atom is -0.465 e. The summed E-state index contributed by atoms with van der Waals surface area (Å²) >= 11 is 0. The summed E-state index contributed by atoms with van der Waals surface area (Å²) in [5.41, 5.74) is -1.73. The first-order chi connectivity index (χ1) is 16.2. The molecule has 0 radical (unpaired) electrons. The van der Waals surface area contributed by atoms with Crippen molar-refractivity contribution >= 4 is 23.4 Å². The Bertz CT molecular complexity index is 984. The SMILES string of the molecule is C#CCN(C(=O)O)c1ccc(N2CCC[C@@]3(CCN(C4CCCCC4)C3=O)C2)c(C(F)(F)F)c1. The van der Waals surface area contributed by atoms with Gasteiger partial charge in [0.15, 0.2) is 0 Å². The number of nitrogens with zero attached hydrogens (tertiary/aromatic N) is 3. The highest BCUT2D eigenvalue weighted by atomic mass is 19.4. The fourth-order valence-electron chi connectivity index (χ4n) is 5.86. The summed E-state index contributed by atoms with van der Waals surface area (Å²) < 4.78 is 42.2. The zero-order chi connectivity index (χ0) is 24.5. The molecule has 0 bridgehead atoms. The second-order valence-corrected chi connectivity index (χ2v) is 9.62. The van der Waals surface area contributed by atoms with Gasteiger partial charge < -0.3 is 14.9 Å². The van der Waals surface area contributed by atoms with Gasteiger partial charge in [-0.25, -0.2) is 4.79 Å². The standard InChI is InChI=1S/C25H30F3N3O3/c1-2-13-31(23(33)34)19-9-10-21(20(16-19)25(26,27)28)29-14-6-11-24(17-29)12-15-30(22(24)32)18-7-4-3-5-8-18/h1,9-10,16,18H,3-8,11-15,17H2,(H,33,34)/t24-/m1/s1. The molecule has 1 aliphatic carbocycles. The monoisotopic (exact) mass is 477 g/mol. The van der Waals surface area contributed by atoms with Gasteiger partial charge in [0.05, 0.1) is 17.5 Å². The highest BCUT2D eigenvalue weighted by molar-refractivity contribution is 5.88. The fourth-order valence-corrected chi connectivity index (χ4v) is 5.86. The molecule has 3 aliphatic rings. The molecule has 2 amide bonds. The topological polar surface area (TPSA) is 64.1 Å². The van der Waals surface area contributed by atoms with Crippen molar-refractivity contribution in [3.63, 3.8) is 0 Å². The number of terminal acetylenes is 1. The van der Waals surface area contributed by atoms with Crippen molar-refractivity contribution in [1.29, 1.82) is 0 Å². The average molecular weight is 478 g/mol. The lowest BCUT2D eigenvalue weighted by molar-refractivity contribution is -0.139. The Kier molecular flexibility index (Phi) is 6.70. The van der Waals surface area contributed by atoms with Crippen LogP contribution >= 0.6 is 0 Å². The third kappa shape index (κ3) is 4.55. The molecule has 2 aliphatic heterocycles. The molecule has 0 unspecified atom stereocenters. The molecule has 2 heterocycles. The first-order valence-electron chi connectivity index (χ1n) is 11.9. The molecule has 1 atom stereocenters. The van der Waals surface area contributed by atoms with E-state index in [2.05, 4.69) is 5.92 Å². The smallest absolute Gasteiger partial charge is 0.418 e. The van der Waals surface area contributed by atoms with Crippen LogP contribution in [0.2, 0.25) is 0 Å². The minimum absolute atomic E-state index is 0.0229. The number of hydrogen-bond acceptors (Lipinski definition) is 3. The number of rotatable bonds is 4. The van der Waals surface area contributed by atoms with Crippen molar-refractivity contribution in [1.82, 2.24) is 4.90 Å². The molecule has 1 aromatic rings. The molecule has 1 aromatic carbocycles. The number of amides is 2. The van der Waals surface area contributed by atoms with E-state index in [-0.39, 0.29) is 36.4 Å².